The van der Waals surface area contributed by atoms with Gasteiger partial charge in [-0.25, -0.2) is 9.59 Å². The Bertz CT molecular complexity index is 1650. The van der Waals surface area contributed by atoms with Gasteiger partial charge in [0.25, 0.3) is 11.8 Å². The number of fused-ring (bicyclic) bond motifs is 6. The van der Waals surface area contributed by atoms with Crippen LogP contribution >= 0.6 is 0 Å². The molecule has 1 spiro atoms. The molecule has 9 nitrogen and oxygen atoms in total. The van der Waals surface area contributed by atoms with E-state index in [1.54, 1.807) is 6.07 Å². The Morgan fingerprint density at radius 1 is 0.881 bits per heavy atom. The Kier molecular flexibility index (Phi) is 6.16. The van der Waals surface area contributed by atoms with E-state index in [0.29, 0.717) is 16.2 Å². The van der Waals surface area contributed by atoms with Crippen molar-refractivity contribution in [2.24, 2.45) is 0 Å². The van der Waals surface area contributed by atoms with E-state index in [-0.39, 0.29) is 18.4 Å². The van der Waals surface area contributed by atoms with Crippen LogP contribution in [0.2, 0.25) is 6.55 Å². The van der Waals surface area contributed by atoms with E-state index in [9.17, 15) is 19.2 Å². The third kappa shape index (κ3) is 3.74. The third-order valence-corrected chi connectivity index (χ3v) is 12.5. The molecule has 1 saturated heterocycles. The molecule has 42 heavy (non-hydrogen) atoms. The molecule has 1 fully saturated rings. The second-order valence-corrected chi connectivity index (χ2v) is 15.3. The first kappa shape index (κ1) is 27.5. The fraction of sp³-hybridized carbons (Fsp3) is 0.250. The van der Waals surface area contributed by atoms with Crippen LogP contribution < -0.4 is 20.2 Å². The van der Waals surface area contributed by atoms with Crippen LogP contribution in [-0.4, -0.2) is 65.1 Å². The lowest BCUT2D eigenvalue weighted by molar-refractivity contribution is -0.172. The van der Waals surface area contributed by atoms with E-state index in [4.69, 9.17) is 9.57 Å². The normalized spacial score (nSPS) is 21.9. The predicted octanol–water partition coefficient (Wildman–Crippen LogP) is 2.73. The molecule has 6 rings (SSSR count). The highest BCUT2D eigenvalue weighted by Crippen LogP contribution is 2.49. The standard InChI is InChI=1S/C32H31N3O6Si/c1-7-42(6)26-17-20(33(2)3)9-12-23(26)32(24-13-10-21(34(4)5)18-27(24)42)25-16-19(8-11-22(25)31(39)40-32)30(38)41-35-28(36)14-15-29(35)37/h7-13,16-18H,1,14-15H2,2-6H3. The van der Waals surface area contributed by atoms with Crippen molar-refractivity contribution < 1.29 is 28.8 Å². The lowest BCUT2D eigenvalue weighted by Crippen LogP contribution is -2.64. The monoisotopic (exact) mass is 581 g/mol. The van der Waals surface area contributed by atoms with Gasteiger partial charge in [0.1, 0.15) is 8.07 Å². The Morgan fingerprint density at radius 3 is 1.93 bits per heavy atom. The van der Waals surface area contributed by atoms with Crippen LogP contribution in [0.5, 0.6) is 0 Å². The molecule has 0 radical (unpaired) electrons. The summed E-state index contributed by atoms with van der Waals surface area (Å²) in [5.74, 6) is -2.52. The van der Waals surface area contributed by atoms with Crippen molar-refractivity contribution in [1.82, 2.24) is 5.06 Å². The van der Waals surface area contributed by atoms with Crippen LogP contribution in [0.1, 0.15) is 50.2 Å². The van der Waals surface area contributed by atoms with Crippen LogP contribution in [0.3, 0.4) is 0 Å². The largest absolute Gasteiger partial charge is 0.441 e. The van der Waals surface area contributed by atoms with Gasteiger partial charge < -0.3 is 19.4 Å². The number of carbonyl (C=O) groups excluding carboxylic acids is 4. The summed E-state index contributed by atoms with van der Waals surface area (Å²) in [4.78, 5) is 60.2. The van der Waals surface area contributed by atoms with E-state index in [1.807, 2.05) is 68.0 Å². The van der Waals surface area contributed by atoms with E-state index >= 15 is 0 Å². The summed E-state index contributed by atoms with van der Waals surface area (Å²) in [6.07, 6.45) is -0.0175. The molecule has 3 aromatic rings. The molecule has 0 unspecified atom stereocenters. The van der Waals surface area contributed by atoms with Gasteiger partial charge in [0, 0.05) is 69.1 Å². The van der Waals surface area contributed by atoms with Gasteiger partial charge in [-0.05, 0) is 52.8 Å². The molecule has 0 bridgehead atoms. The zero-order chi connectivity index (χ0) is 30.1. The molecule has 0 N–H and O–H groups in total. The first-order chi connectivity index (χ1) is 19.9. The molecule has 3 aromatic carbocycles. The molecular formula is C32H31N3O6Si. The van der Waals surface area contributed by atoms with Crippen molar-refractivity contribution >= 4 is 53.6 Å². The second kappa shape index (κ2) is 9.42. The minimum absolute atomic E-state index is 0.00877. The highest BCUT2D eigenvalue weighted by atomic mass is 28.3. The maximum absolute atomic E-state index is 13.5. The number of amides is 2. The minimum atomic E-state index is -2.57. The van der Waals surface area contributed by atoms with Crippen molar-refractivity contribution in [3.8, 4) is 0 Å². The summed E-state index contributed by atoms with van der Waals surface area (Å²) in [6, 6.07) is 16.8. The molecule has 3 aliphatic heterocycles. The summed E-state index contributed by atoms with van der Waals surface area (Å²) in [6.45, 7) is 6.52. The first-order valence-corrected chi connectivity index (χ1v) is 16.2. The number of esters is 1. The Morgan fingerprint density at radius 2 is 1.43 bits per heavy atom. The molecule has 0 aromatic heterocycles. The van der Waals surface area contributed by atoms with Gasteiger partial charge in [-0.3, -0.25) is 9.59 Å². The summed E-state index contributed by atoms with van der Waals surface area (Å²) >= 11 is 0. The zero-order valence-corrected chi connectivity index (χ0v) is 25.2. The van der Waals surface area contributed by atoms with Crippen molar-refractivity contribution in [2.75, 3.05) is 38.0 Å². The van der Waals surface area contributed by atoms with Crippen molar-refractivity contribution in [3.05, 3.63) is 94.7 Å². The van der Waals surface area contributed by atoms with Gasteiger partial charge in [-0.2, -0.15) is 0 Å². The predicted molar refractivity (Wildman–Crippen MR) is 161 cm³/mol. The zero-order valence-electron chi connectivity index (χ0n) is 24.2. The number of imide groups is 1. The van der Waals surface area contributed by atoms with Gasteiger partial charge in [-0.1, -0.05) is 24.4 Å². The number of hydroxylamine groups is 2. The lowest BCUT2D eigenvalue weighted by Gasteiger charge is -2.44. The number of rotatable bonds is 5. The summed E-state index contributed by atoms with van der Waals surface area (Å²) in [7, 11) is 5.33. The molecule has 3 aliphatic rings. The maximum Gasteiger partial charge on any atom is 0.363 e. The van der Waals surface area contributed by atoms with Gasteiger partial charge in [0.15, 0.2) is 5.60 Å². The fourth-order valence-corrected chi connectivity index (χ4v) is 9.45. The van der Waals surface area contributed by atoms with Gasteiger partial charge >= 0.3 is 11.9 Å². The molecule has 0 atom stereocenters. The topological polar surface area (TPSA) is 96.5 Å². The lowest BCUT2D eigenvalue weighted by atomic mass is 9.78. The van der Waals surface area contributed by atoms with Crippen molar-refractivity contribution in [3.63, 3.8) is 0 Å². The van der Waals surface area contributed by atoms with Crippen molar-refractivity contribution in [1.29, 1.82) is 0 Å². The Balaban J connectivity index is 1.61. The van der Waals surface area contributed by atoms with Gasteiger partial charge in [-0.15, -0.1) is 11.6 Å². The number of ether oxygens (including phenoxy) is 1. The van der Waals surface area contributed by atoms with Crippen LogP contribution in [-0.2, 0) is 24.8 Å². The van der Waals surface area contributed by atoms with Crippen molar-refractivity contribution in [2.45, 2.75) is 25.0 Å². The van der Waals surface area contributed by atoms with Gasteiger partial charge in [0.2, 0.25) is 0 Å². The number of nitrogens with zero attached hydrogens (tertiary/aromatic N) is 3. The highest BCUT2D eigenvalue weighted by molar-refractivity contribution is 7.06. The molecule has 10 heteroatoms. The Hall–Kier alpha value is -4.70. The Labute approximate surface area is 244 Å². The quantitative estimate of drug-likeness (QED) is 0.258. The number of benzene rings is 3. The molecule has 214 valence electrons. The summed E-state index contributed by atoms with van der Waals surface area (Å²) in [5.41, 5.74) is 5.25. The smallest absolute Gasteiger partial charge is 0.363 e. The third-order valence-electron chi connectivity index (χ3n) is 8.61. The average Bonchev–Trinajstić information content (AvgIpc) is 3.46. The SMILES string of the molecule is C=C[Si]1(C)c2cc(N(C)C)ccc2C2(OC(=O)c3ccc(C(=O)ON4C(=O)CCC4=O)cc32)c2ccc(N(C)C)cc21. The first-order valence-electron chi connectivity index (χ1n) is 13.7. The number of anilines is 2. The van der Waals surface area contributed by atoms with E-state index in [1.165, 1.54) is 12.1 Å². The van der Waals surface area contributed by atoms with E-state index < -0.39 is 37.4 Å². The number of hydrogen-bond acceptors (Lipinski definition) is 8. The van der Waals surface area contributed by atoms with Crippen LogP contribution in [0.4, 0.5) is 11.4 Å². The molecule has 3 heterocycles. The fourth-order valence-electron chi connectivity index (χ4n) is 6.19. The van der Waals surface area contributed by atoms with E-state index in [0.717, 1.165) is 32.9 Å². The highest BCUT2D eigenvalue weighted by Gasteiger charge is 2.57. The second-order valence-electron chi connectivity index (χ2n) is 11.4. The molecule has 2 amide bonds. The molecular weight excluding hydrogens is 550 g/mol. The minimum Gasteiger partial charge on any atom is -0.441 e. The van der Waals surface area contributed by atoms with E-state index in [2.05, 4.69) is 25.3 Å². The van der Waals surface area contributed by atoms with Crippen LogP contribution in [0, 0.1) is 0 Å². The maximum atomic E-state index is 13.5. The molecule has 0 saturated carbocycles. The van der Waals surface area contributed by atoms with Crippen LogP contribution in [0.15, 0.2) is 66.9 Å². The molecule has 0 aliphatic carbocycles. The van der Waals surface area contributed by atoms with Gasteiger partial charge in [0.05, 0.1) is 11.1 Å². The summed E-state index contributed by atoms with van der Waals surface area (Å²) < 4.78 is 6.41. The number of hydrogen-bond donors (Lipinski definition) is 0. The average molecular weight is 582 g/mol. The number of carbonyl (C=O) groups is 4. The summed E-state index contributed by atoms with van der Waals surface area (Å²) in [5, 5.41) is 2.62. The van der Waals surface area contributed by atoms with Crippen LogP contribution in [0.25, 0.3) is 0 Å².